The number of likely N-dealkylation sites (tertiary alicyclic amines) is 1. The number of benzene rings is 1. The van der Waals surface area contributed by atoms with Gasteiger partial charge in [-0.25, -0.2) is 27.1 Å². The van der Waals surface area contributed by atoms with Gasteiger partial charge < -0.3 is 25.0 Å². The van der Waals surface area contributed by atoms with Crippen LogP contribution in [-0.4, -0.2) is 94.1 Å². The van der Waals surface area contributed by atoms with E-state index in [2.05, 4.69) is 32.4 Å². The predicted molar refractivity (Wildman–Crippen MR) is 189 cm³/mol. The van der Waals surface area contributed by atoms with Crippen LogP contribution in [0.15, 0.2) is 49.3 Å². The Hall–Kier alpha value is -5.00. The van der Waals surface area contributed by atoms with Crippen LogP contribution in [0.1, 0.15) is 67.2 Å². The maximum absolute atomic E-state index is 14.3. The first-order chi connectivity index (χ1) is 24.6. The third-order valence-electron chi connectivity index (χ3n) is 9.09. The van der Waals surface area contributed by atoms with Crippen molar-refractivity contribution in [1.29, 1.82) is 0 Å². The minimum Gasteiger partial charge on any atom is -0.444 e. The summed E-state index contributed by atoms with van der Waals surface area (Å²) in [5, 5.41) is 11.2. The van der Waals surface area contributed by atoms with E-state index >= 15 is 0 Å². The molecule has 5 rings (SSSR count). The smallest absolute Gasteiger partial charge is 0.412 e. The quantitative estimate of drug-likeness (QED) is 0.246. The highest BCUT2D eigenvalue weighted by molar-refractivity contribution is 7.91. The molecular weight excluding hydrogens is 713 g/mol. The van der Waals surface area contributed by atoms with Gasteiger partial charge >= 0.3 is 12.2 Å². The van der Waals surface area contributed by atoms with E-state index in [1.807, 2.05) is 0 Å². The molecule has 3 aliphatic rings. The van der Waals surface area contributed by atoms with E-state index in [4.69, 9.17) is 9.47 Å². The summed E-state index contributed by atoms with van der Waals surface area (Å²) < 4.78 is 54.1. The molecule has 2 unspecified atom stereocenters. The highest BCUT2D eigenvalue weighted by atomic mass is 32.2. The number of ether oxygens (including phenoxy) is 2. The second kappa shape index (κ2) is 14.4. The van der Waals surface area contributed by atoms with Gasteiger partial charge in [0, 0.05) is 24.7 Å². The van der Waals surface area contributed by atoms with Crippen LogP contribution in [-0.2, 0) is 33.9 Å². The Balaban J connectivity index is 1.40. The lowest BCUT2D eigenvalue weighted by Gasteiger charge is -2.36. The molecule has 4 N–H and O–H groups in total. The molecule has 2 aliphatic carbocycles. The number of nitrogens with one attached hydrogen (secondary N) is 4. The van der Waals surface area contributed by atoms with Gasteiger partial charge in [0.25, 0.3) is 5.91 Å². The van der Waals surface area contributed by atoms with Gasteiger partial charge in [0.1, 0.15) is 35.1 Å². The number of rotatable bonds is 11. The van der Waals surface area contributed by atoms with Crippen LogP contribution in [0.25, 0.3) is 5.69 Å². The van der Waals surface area contributed by atoms with Crippen LogP contribution < -0.4 is 20.7 Å². The van der Waals surface area contributed by atoms with Crippen LogP contribution in [0, 0.1) is 17.2 Å². The fourth-order valence-corrected chi connectivity index (χ4v) is 7.51. The Morgan fingerprint density at radius 1 is 1.09 bits per heavy atom. The van der Waals surface area contributed by atoms with Crippen LogP contribution in [0.4, 0.5) is 19.7 Å². The molecular formula is C35H46FN7O9S. The maximum Gasteiger partial charge on any atom is 0.412 e. The second-order valence-electron chi connectivity index (χ2n) is 15.6. The molecule has 18 heteroatoms. The molecule has 2 heterocycles. The molecule has 288 valence electrons. The van der Waals surface area contributed by atoms with E-state index in [0.29, 0.717) is 18.5 Å². The van der Waals surface area contributed by atoms with E-state index in [1.54, 1.807) is 53.8 Å². The Kier molecular flexibility index (Phi) is 10.7. The molecule has 1 aromatic carbocycles. The van der Waals surface area contributed by atoms with Crippen LogP contribution in [0.2, 0.25) is 0 Å². The molecule has 2 aromatic rings. The summed E-state index contributed by atoms with van der Waals surface area (Å²) in [6.07, 6.45) is 2.20. The number of aromatic nitrogens is 2. The molecule has 1 saturated heterocycles. The number of carbonyl (C=O) groups excluding carboxylic acids is 5. The monoisotopic (exact) mass is 759 g/mol. The van der Waals surface area contributed by atoms with E-state index in [-0.39, 0.29) is 25.1 Å². The van der Waals surface area contributed by atoms with Gasteiger partial charge in [0.15, 0.2) is 0 Å². The van der Waals surface area contributed by atoms with E-state index in [0.717, 1.165) is 11.0 Å². The van der Waals surface area contributed by atoms with Crippen molar-refractivity contribution in [3.8, 4) is 5.69 Å². The lowest BCUT2D eigenvalue weighted by atomic mass is 9.85. The topological polar surface area (TPSA) is 207 Å². The molecule has 0 spiro atoms. The molecule has 0 radical (unpaired) electrons. The Morgan fingerprint density at radius 2 is 1.79 bits per heavy atom. The van der Waals surface area contributed by atoms with Gasteiger partial charge in [-0.15, -0.1) is 6.58 Å². The van der Waals surface area contributed by atoms with E-state index < -0.39 is 91.7 Å². The van der Waals surface area contributed by atoms with Gasteiger partial charge in [0.05, 0.1) is 23.2 Å². The zero-order valence-electron chi connectivity index (χ0n) is 30.5. The molecule has 5 atom stereocenters. The van der Waals surface area contributed by atoms with Gasteiger partial charge in [-0.05, 0) is 69.7 Å². The summed E-state index contributed by atoms with van der Waals surface area (Å²) in [7, 11) is -3.96. The summed E-state index contributed by atoms with van der Waals surface area (Å²) >= 11 is 0. The molecule has 1 aromatic heterocycles. The summed E-state index contributed by atoms with van der Waals surface area (Å²) in [5.41, 5.74) is -3.07. The SMILES string of the molecule is C=CC1CC1(NC(=O)[C@@H]1C[C@@H](OC(=O)Nc2cc(F)ccc2-n2cccn2)CN1C(=O)[C@@H](NC(=O)OC(C)(C)C)C(C)(C)C)C(=O)NS(=O)(=O)C1CC1. The number of amides is 5. The van der Waals surface area contributed by atoms with Crippen molar-refractivity contribution in [2.45, 2.75) is 102 Å². The number of halogens is 1. The largest absolute Gasteiger partial charge is 0.444 e. The minimum absolute atomic E-state index is 0.0339. The maximum atomic E-state index is 14.3. The average Bonchev–Trinajstić information content (AvgIpc) is 3.91. The zero-order chi connectivity index (χ0) is 39.1. The number of hydrogen-bond acceptors (Lipinski definition) is 10. The average molecular weight is 760 g/mol. The zero-order valence-corrected chi connectivity index (χ0v) is 31.3. The number of anilines is 1. The fourth-order valence-electron chi connectivity index (χ4n) is 6.14. The molecule has 5 amide bonds. The van der Waals surface area contributed by atoms with Crippen molar-refractivity contribution >= 4 is 45.6 Å². The summed E-state index contributed by atoms with van der Waals surface area (Å²) in [6, 6.07) is 2.76. The van der Waals surface area contributed by atoms with Crippen molar-refractivity contribution in [3.05, 3.63) is 55.1 Å². The van der Waals surface area contributed by atoms with Crippen molar-refractivity contribution in [3.63, 3.8) is 0 Å². The number of nitrogens with zero attached hydrogens (tertiary/aromatic N) is 3. The third kappa shape index (κ3) is 9.15. The summed E-state index contributed by atoms with van der Waals surface area (Å²) in [6.45, 7) is 13.5. The lowest BCUT2D eigenvalue weighted by molar-refractivity contribution is -0.143. The van der Waals surface area contributed by atoms with Crippen molar-refractivity contribution in [1.82, 2.24) is 30.0 Å². The molecule has 16 nitrogen and oxygen atoms in total. The molecule has 0 bridgehead atoms. The molecule has 2 saturated carbocycles. The predicted octanol–water partition coefficient (Wildman–Crippen LogP) is 3.14. The van der Waals surface area contributed by atoms with Gasteiger partial charge in [-0.2, -0.15) is 5.10 Å². The highest BCUT2D eigenvalue weighted by Gasteiger charge is 2.62. The third-order valence-corrected chi connectivity index (χ3v) is 10.9. The van der Waals surface area contributed by atoms with Gasteiger partial charge in [-0.3, -0.25) is 24.4 Å². The van der Waals surface area contributed by atoms with Crippen LogP contribution in [0.5, 0.6) is 0 Å². The number of hydrogen-bond donors (Lipinski definition) is 4. The van der Waals surface area contributed by atoms with E-state index in [9.17, 15) is 36.8 Å². The number of alkyl carbamates (subject to hydrolysis) is 1. The molecule has 53 heavy (non-hydrogen) atoms. The molecule has 1 aliphatic heterocycles. The minimum atomic E-state index is -3.96. The Labute approximate surface area is 307 Å². The van der Waals surface area contributed by atoms with E-state index in [1.165, 1.54) is 29.1 Å². The second-order valence-corrected chi connectivity index (χ2v) is 17.6. The lowest BCUT2D eigenvalue weighted by Crippen LogP contribution is -2.60. The van der Waals surface area contributed by atoms with Crippen molar-refractivity contribution < 1.29 is 46.3 Å². The number of sulfonamides is 1. The summed E-state index contributed by atoms with van der Waals surface area (Å²) in [4.78, 5) is 69.1. The standard InChI is InChI=1S/C35H46FN7O9S/c1-8-20-18-35(20,30(46)41-53(49,50)23-11-12-23)40-28(44)26-17-22(19-42(26)29(45)27(33(2,3)4)39-32(48)52-34(5,6)7)51-31(47)38-24-16-21(36)10-13-25(24)43-15-9-14-37-43/h8-10,13-16,20,22-23,26-27H,1,11-12,17-19H2,2-7H3,(H,38,47)(H,39,48)(H,40,44)(H,41,46)/t20?,22-,26+,27-,35?/m1/s1. The van der Waals surface area contributed by atoms with Crippen LogP contribution in [0.3, 0.4) is 0 Å². The summed E-state index contributed by atoms with van der Waals surface area (Å²) in [5.74, 6) is -3.68. The first-order valence-electron chi connectivity index (χ1n) is 17.2. The van der Waals surface area contributed by atoms with Crippen LogP contribution >= 0.6 is 0 Å². The van der Waals surface area contributed by atoms with Gasteiger partial charge in [-0.1, -0.05) is 26.8 Å². The normalized spacial score (nSPS) is 23.3. The first-order valence-corrected chi connectivity index (χ1v) is 18.8. The fraction of sp³-hybridized carbons (Fsp3) is 0.543. The molecule has 3 fully saturated rings. The Morgan fingerprint density at radius 3 is 2.36 bits per heavy atom. The van der Waals surface area contributed by atoms with Gasteiger partial charge in [0.2, 0.25) is 21.8 Å². The van der Waals surface area contributed by atoms with Crippen molar-refractivity contribution in [2.24, 2.45) is 11.3 Å². The number of carbonyl (C=O) groups is 5. The highest BCUT2D eigenvalue weighted by Crippen LogP contribution is 2.45. The first kappa shape index (κ1) is 39.2. The van der Waals surface area contributed by atoms with Crippen molar-refractivity contribution in [2.75, 3.05) is 11.9 Å². The Bertz CT molecular complexity index is 1890.